The second-order valence-electron chi connectivity index (χ2n) is 5.48. The van der Waals surface area contributed by atoms with E-state index >= 15 is 0 Å². The van der Waals surface area contributed by atoms with Gasteiger partial charge in [-0.25, -0.2) is 4.39 Å². The topological polar surface area (TPSA) is 45.5 Å². The minimum absolute atomic E-state index is 0.159. The van der Waals surface area contributed by atoms with Crippen LogP contribution in [0.1, 0.15) is 10.6 Å². The lowest BCUT2D eigenvalue weighted by Gasteiger charge is -2.20. The van der Waals surface area contributed by atoms with Gasteiger partial charge in [-0.2, -0.15) is 0 Å². The van der Waals surface area contributed by atoms with Crippen molar-refractivity contribution in [1.82, 2.24) is 4.90 Å². The SMILES string of the molecule is O=C(CN(Cc1ccco1)Cc1cccs1)Nc1ccc(F)cc1Cl. The van der Waals surface area contributed by atoms with Crippen molar-refractivity contribution in [2.75, 3.05) is 11.9 Å². The number of carbonyl (C=O) groups excluding carboxylic acids is 1. The van der Waals surface area contributed by atoms with Gasteiger partial charge in [0.25, 0.3) is 0 Å². The van der Waals surface area contributed by atoms with Gasteiger partial charge in [0.05, 0.1) is 30.1 Å². The van der Waals surface area contributed by atoms with Gasteiger partial charge < -0.3 is 9.73 Å². The maximum Gasteiger partial charge on any atom is 0.238 e. The van der Waals surface area contributed by atoms with Crippen molar-refractivity contribution in [3.05, 3.63) is 75.6 Å². The molecule has 0 saturated carbocycles. The van der Waals surface area contributed by atoms with Gasteiger partial charge in [0.1, 0.15) is 11.6 Å². The van der Waals surface area contributed by atoms with Crippen molar-refractivity contribution >= 4 is 34.5 Å². The van der Waals surface area contributed by atoms with Crippen molar-refractivity contribution < 1.29 is 13.6 Å². The molecular formula is C18H16ClFN2O2S. The number of carbonyl (C=O) groups is 1. The highest BCUT2D eigenvalue weighted by Crippen LogP contribution is 2.22. The van der Waals surface area contributed by atoms with Crippen LogP contribution in [0.2, 0.25) is 5.02 Å². The van der Waals surface area contributed by atoms with Gasteiger partial charge in [0.2, 0.25) is 5.91 Å². The number of nitrogens with one attached hydrogen (secondary N) is 1. The first-order valence-corrected chi connectivity index (χ1v) is 8.88. The monoisotopic (exact) mass is 378 g/mol. The first-order valence-electron chi connectivity index (χ1n) is 7.62. The zero-order valence-electron chi connectivity index (χ0n) is 13.2. The molecule has 1 amide bonds. The second kappa shape index (κ2) is 8.29. The lowest BCUT2D eigenvalue weighted by molar-refractivity contribution is -0.117. The predicted molar refractivity (Wildman–Crippen MR) is 97.2 cm³/mol. The van der Waals surface area contributed by atoms with Gasteiger partial charge in [-0.05, 0) is 41.8 Å². The van der Waals surface area contributed by atoms with E-state index in [1.165, 1.54) is 18.2 Å². The molecule has 0 aliphatic rings. The summed E-state index contributed by atoms with van der Waals surface area (Å²) in [6.07, 6.45) is 1.61. The van der Waals surface area contributed by atoms with Crippen molar-refractivity contribution in [3.8, 4) is 0 Å². The normalized spacial score (nSPS) is 11.0. The highest BCUT2D eigenvalue weighted by Gasteiger charge is 2.15. The fraction of sp³-hybridized carbons (Fsp3) is 0.167. The number of rotatable bonds is 7. The maximum atomic E-state index is 13.1. The third-order valence-electron chi connectivity index (χ3n) is 3.49. The lowest BCUT2D eigenvalue weighted by atomic mass is 10.3. The van der Waals surface area contributed by atoms with E-state index in [0.717, 1.165) is 10.6 Å². The minimum Gasteiger partial charge on any atom is -0.468 e. The Balaban J connectivity index is 1.66. The van der Waals surface area contributed by atoms with E-state index in [1.54, 1.807) is 17.6 Å². The van der Waals surface area contributed by atoms with Crippen LogP contribution in [0.3, 0.4) is 0 Å². The van der Waals surface area contributed by atoms with E-state index in [-0.39, 0.29) is 17.5 Å². The van der Waals surface area contributed by atoms with Crippen molar-refractivity contribution in [2.24, 2.45) is 0 Å². The highest BCUT2D eigenvalue weighted by molar-refractivity contribution is 7.09. The molecule has 7 heteroatoms. The van der Waals surface area contributed by atoms with Crippen LogP contribution in [0.15, 0.2) is 58.5 Å². The van der Waals surface area contributed by atoms with Gasteiger partial charge in [-0.1, -0.05) is 17.7 Å². The molecule has 130 valence electrons. The minimum atomic E-state index is -0.444. The molecule has 25 heavy (non-hydrogen) atoms. The fourth-order valence-corrected chi connectivity index (χ4v) is 3.36. The molecule has 0 aliphatic heterocycles. The van der Waals surface area contributed by atoms with Crippen molar-refractivity contribution in [3.63, 3.8) is 0 Å². The Morgan fingerprint density at radius 1 is 1.24 bits per heavy atom. The van der Waals surface area contributed by atoms with E-state index in [4.69, 9.17) is 16.0 Å². The molecule has 3 aromatic rings. The molecule has 0 bridgehead atoms. The standard InChI is InChI=1S/C18H16ClFN2O2S/c19-16-9-13(20)5-6-17(16)21-18(23)12-22(10-14-3-1-7-24-14)11-15-4-2-8-25-15/h1-9H,10-12H2,(H,21,23). The smallest absolute Gasteiger partial charge is 0.238 e. The van der Waals surface area contributed by atoms with Crippen LogP contribution in [0.4, 0.5) is 10.1 Å². The summed E-state index contributed by atoms with van der Waals surface area (Å²) in [6.45, 7) is 1.30. The van der Waals surface area contributed by atoms with E-state index in [2.05, 4.69) is 5.32 Å². The van der Waals surface area contributed by atoms with E-state index in [1.807, 2.05) is 34.5 Å². The maximum absolute atomic E-state index is 13.1. The Morgan fingerprint density at radius 3 is 2.80 bits per heavy atom. The number of nitrogens with zero attached hydrogens (tertiary/aromatic N) is 1. The van der Waals surface area contributed by atoms with Crippen LogP contribution in [-0.2, 0) is 17.9 Å². The van der Waals surface area contributed by atoms with Gasteiger partial charge in [0.15, 0.2) is 0 Å². The molecular weight excluding hydrogens is 363 g/mol. The molecule has 0 fully saturated rings. The average Bonchev–Trinajstić information content (AvgIpc) is 3.24. The number of anilines is 1. The van der Waals surface area contributed by atoms with Crippen LogP contribution in [0.5, 0.6) is 0 Å². The number of benzene rings is 1. The number of halogens is 2. The van der Waals surface area contributed by atoms with Crippen molar-refractivity contribution in [2.45, 2.75) is 13.1 Å². The molecule has 0 spiro atoms. The zero-order chi connectivity index (χ0) is 17.6. The summed E-state index contributed by atoms with van der Waals surface area (Å²) < 4.78 is 18.5. The van der Waals surface area contributed by atoms with E-state index in [0.29, 0.717) is 18.8 Å². The quantitative estimate of drug-likeness (QED) is 0.643. The summed E-state index contributed by atoms with van der Waals surface area (Å²) in [5.74, 6) is 0.112. The summed E-state index contributed by atoms with van der Waals surface area (Å²) >= 11 is 7.59. The molecule has 4 nitrogen and oxygen atoms in total. The summed E-state index contributed by atoms with van der Waals surface area (Å²) in [5, 5.41) is 4.89. The molecule has 3 rings (SSSR count). The molecule has 0 radical (unpaired) electrons. The fourth-order valence-electron chi connectivity index (χ4n) is 2.40. The van der Waals surface area contributed by atoms with Crippen LogP contribution in [0, 0.1) is 5.82 Å². The summed E-state index contributed by atoms with van der Waals surface area (Å²) in [5.41, 5.74) is 0.391. The van der Waals surface area contributed by atoms with E-state index < -0.39 is 5.82 Å². The van der Waals surface area contributed by atoms with Gasteiger partial charge in [-0.3, -0.25) is 9.69 Å². The van der Waals surface area contributed by atoms with Gasteiger partial charge in [0, 0.05) is 11.4 Å². The Labute approximate surface area is 153 Å². The predicted octanol–water partition coefficient (Wildman–Crippen LogP) is 4.77. The summed E-state index contributed by atoms with van der Waals surface area (Å²) in [4.78, 5) is 15.5. The van der Waals surface area contributed by atoms with Crippen LogP contribution < -0.4 is 5.32 Å². The number of thiophene rings is 1. The molecule has 1 aromatic carbocycles. The zero-order valence-corrected chi connectivity index (χ0v) is 14.8. The largest absolute Gasteiger partial charge is 0.468 e. The van der Waals surface area contributed by atoms with Crippen LogP contribution in [0.25, 0.3) is 0 Å². The Hall–Kier alpha value is -2.15. The second-order valence-corrected chi connectivity index (χ2v) is 6.92. The summed E-state index contributed by atoms with van der Waals surface area (Å²) in [7, 11) is 0. The van der Waals surface area contributed by atoms with Gasteiger partial charge >= 0.3 is 0 Å². The number of amides is 1. The molecule has 0 aliphatic carbocycles. The highest BCUT2D eigenvalue weighted by atomic mass is 35.5. The average molecular weight is 379 g/mol. The Kier molecular flexibility index (Phi) is 5.86. The van der Waals surface area contributed by atoms with Crippen LogP contribution >= 0.6 is 22.9 Å². The molecule has 0 atom stereocenters. The van der Waals surface area contributed by atoms with E-state index in [9.17, 15) is 9.18 Å². The summed E-state index contributed by atoms with van der Waals surface area (Å²) in [6, 6.07) is 11.6. The molecule has 0 unspecified atom stereocenters. The first-order chi connectivity index (χ1) is 12.1. The third-order valence-corrected chi connectivity index (χ3v) is 4.67. The molecule has 2 heterocycles. The number of hydrogen-bond acceptors (Lipinski definition) is 4. The third kappa shape index (κ3) is 5.16. The van der Waals surface area contributed by atoms with Crippen molar-refractivity contribution in [1.29, 1.82) is 0 Å². The molecule has 2 aromatic heterocycles. The Bertz CT molecular complexity index is 785. The first kappa shape index (κ1) is 17.7. The number of furan rings is 1. The lowest BCUT2D eigenvalue weighted by Crippen LogP contribution is -2.32. The number of hydrogen-bond donors (Lipinski definition) is 1. The Morgan fingerprint density at radius 2 is 2.12 bits per heavy atom. The van der Waals surface area contributed by atoms with Gasteiger partial charge in [-0.15, -0.1) is 11.3 Å². The molecule has 1 N–H and O–H groups in total. The van der Waals surface area contributed by atoms with Crippen LogP contribution in [-0.4, -0.2) is 17.4 Å². The molecule has 0 saturated heterocycles.